The highest BCUT2D eigenvalue weighted by Gasteiger charge is 2.55. The van der Waals surface area contributed by atoms with E-state index in [1.165, 1.54) is 0 Å². The molecule has 38 heavy (non-hydrogen) atoms. The summed E-state index contributed by atoms with van der Waals surface area (Å²) in [5, 5.41) is 21.2. The van der Waals surface area contributed by atoms with Gasteiger partial charge in [-0.05, 0) is 0 Å². The number of aliphatic hydroxyl groups excluding tert-OH is 2. The number of carbonyl (C=O) groups is 5. The van der Waals surface area contributed by atoms with Gasteiger partial charge in [-0.25, -0.2) is 0 Å². The quantitative estimate of drug-likeness (QED) is 0.197. The van der Waals surface area contributed by atoms with Crippen LogP contribution in [0.15, 0.2) is 0 Å². The zero-order chi connectivity index (χ0) is 28.7. The minimum absolute atomic E-state index is 0.301. The van der Waals surface area contributed by atoms with Crippen LogP contribution in [0.25, 0.3) is 0 Å². The molecule has 0 radical (unpaired) electrons. The third-order valence-corrected chi connectivity index (χ3v) is 5.41. The van der Waals surface area contributed by atoms with Crippen LogP contribution >= 0.6 is 0 Å². The molecule has 4 N–H and O–H groups in total. The highest BCUT2D eigenvalue weighted by molar-refractivity contribution is 5.68. The van der Waals surface area contributed by atoms with E-state index in [4.69, 9.17) is 43.6 Å². The Labute approximate surface area is 217 Å². The molecule has 0 amide bonds. The smallest absolute Gasteiger partial charge is 0.303 e. The zero-order valence-electron chi connectivity index (χ0n) is 21.5. The van der Waals surface area contributed by atoms with Crippen LogP contribution in [0.1, 0.15) is 34.6 Å². The lowest BCUT2D eigenvalue weighted by atomic mass is 9.96. The molecule has 2 aliphatic heterocycles. The number of hydrogen-bond donors (Lipinski definition) is 3. The number of nitrogens with two attached hydrogens (primary N) is 1. The maximum absolute atomic E-state index is 11.9. The molecule has 0 aromatic carbocycles. The van der Waals surface area contributed by atoms with Crippen molar-refractivity contribution in [1.82, 2.24) is 0 Å². The Hall–Kier alpha value is -2.89. The van der Waals surface area contributed by atoms with Crippen molar-refractivity contribution in [1.29, 1.82) is 0 Å². The lowest BCUT2D eigenvalue weighted by molar-refractivity contribution is -0.354. The molecule has 0 bridgehead atoms. The lowest BCUT2D eigenvalue weighted by Crippen LogP contribution is -2.67. The van der Waals surface area contributed by atoms with Gasteiger partial charge in [-0.1, -0.05) is 0 Å². The zero-order valence-corrected chi connectivity index (χ0v) is 21.5. The number of aliphatic hydroxyl groups is 2. The summed E-state index contributed by atoms with van der Waals surface area (Å²) in [6.07, 6.45) is -15.2. The van der Waals surface area contributed by atoms with E-state index in [-0.39, 0.29) is 6.54 Å². The number of esters is 5. The second-order valence-electron chi connectivity index (χ2n) is 8.53. The van der Waals surface area contributed by atoms with Gasteiger partial charge in [0.2, 0.25) is 0 Å². The molecule has 2 fully saturated rings. The Kier molecular flexibility index (Phi) is 11.4. The number of carbonyl (C=O) groups excluding carboxylic acids is 5. The average Bonchev–Trinajstić information content (AvgIpc) is 2.79. The first kappa shape index (κ1) is 31.3. The molecule has 2 rings (SSSR count). The van der Waals surface area contributed by atoms with Crippen molar-refractivity contribution in [2.45, 2.75) is 96.0 Å². The molecular formula is C22H33NO15. The Balaban J connectivity index is 2.51. The van der Waals surface area contributed by atoms with Crippen molar-refractivity contribution in [2.75, 3.05) is 13.2 Å². The topological polar surface area (TPSA) is 226 Å². The summed E-state index contributed by atoms with van der Waals surface area (Å²) in [6, 6.07) is 0. The molecule has 4 unspecified atom stereocenters. The summed E-state index contributed by atoms with van der Waals surface area (Å²) < 4.78 is 42.9. The van der Waals surface area contributed by atoms with Gasteiger partial charge >= 0.3 is 29.8 Å². The van der Waals surface area contributed by atoms with Crippen molar-refractivity contribution < 1.29 is 72.1 Å². The molecule has 216 valence electrons. The molecule has 0 aromatic heterocycles. The van der Waals surface area contributed by atoms with Crippen molar-refractivity contribution in [3.05, 3.63) is 0 Å². The molecule has 0 spiro atoms. The summed E-state index contributed by atoms with van der Waals surface area (Å²) in [6.45, 7) is 4.50. The SMILES string of the molecule is CC(=O)OCC1O[C@@H](O[C@H]2C(CN)O[C@@H](O)C(OC(C)=O)[C@H]2OC(C)=O)C(OC(C)=O)[C@@H](OC(C)=O)[C@H]1O. The minimum atomic E-state index is -1.76. The summed E-state index contributed by atoms with van der Waals surface area (Å²) in [5.74, 6) is -4.11. The molecule has 2 saturated heterocycles. The average molecular weight is 551 g/mol. The third-order valence-electron chi connectivity index (χ3n) is 5.41. The number of ether oxygens (including phenoxy) is 8. The van der Waals surface area contributed by atoms with Crippen LogP contribution in [0, 0.1) is 0 Å². The minimum Gasteiger partial charge on any atom is -0.463 e. The molecule has 0 aromatic rings. The predicted molar refractivity (Wildman–Crippen MR) is 118 cm³/mol. The monoisotopic (exact) mass is 551 g/mol. The van der Waals surface area contributed by atoms with Gasteiger partial charge in [0.1, 0.15) is 31.0 Å². The normalized spacial score (nSPS) is 34.9. The van der Waals surface area contributed by atoms with Crippen molar-refractivity contribution >= 4 is 29.8 Å². The maximum atomic E-state index is 11.9. The largest absolute Gasteiger partial charge is 0.463 e. The first-order chi connectivity index (χ1) is 17.7. The van der Waals surface area contributed by atoms with Crippen LogP contribution < -0.4 is 5.73 Å². The standard InChI is InChI=1S/C22H33NO15/c1-8(24)31-7-14-15(29)17(32-9(2)25)20(35-12(5)28)22(37-14)38-16-13(6-23)36-21(30)19(34-11(4)27)18(16)33-10(3)26/h13-22,29-30H,6-7,23H2,1-5H3/t13?,14?,15-,16-,17-,18-,19?,20?,21+,22-/m0/s1. The van der Waals surface area contributed by atoms with Gasteiger partial charge in [-0.15, -0.1) is 0 Å². The van der Waals surface area contributed by atoms with Crippen LogP contribution in [0.2, 0.25) is 0 Å². The number of rotatable bonds is 9. The molecule has 16 nitrogen and oxygen atoms in total. The van der Waals surface area contributed by atoms with E-state index in [1.54, 1.807) is 0 Å². The second-order valence-corrected chi connectivity index (χ2v) is 8.53. The van der Waals surface area contributed by atoms with E-state index in [2.05, 4.69) is 0 Å². The molecule has 10 atom stereocenters. The fraction of sp³-hybridized carbons (Fsp3) is 0.773. The van der Waals surface area contributed by atoms with E-state index in [0.29, 0.717) is 0 Å². The first-order valence-electron chi connectivity index (χ1n) is 11.6. The van der Waals surface area contributed by atoms with Crippen LogP contribution in [0.3, 0.4) is 0 Å². The fourth-order valence-electron chi connectivity index (χ4n) is 4.03. The summed E-state index contributed by atoms with van der Waals surface area (Å²) in [4.78, 5) is 58.6. The van der Waals surface area contributed by atoms with Gasteiger partial charge in [-0.2, -0.15) is 0 Å². The Morgan fingerprint density at radius 2 is 1.16 bits per heavy atom. The van der Waals surface area contributed by atoms with Gasteiger partial charge in [0.05, 0.1) is 0 Å². The molecule has 2 aliphatic rings. The van der Waals surface area contributed by atoms with E-state index in [0.717, 1.165) is 34.6 Å². The third kappa shape index (κ3) is 8.31. The molecule has 16 heteroatoms. The Morgan fingerprint density at radius 1 is 0.658 bits per heavy atom. The Morgan fingerprint density at radius 3 is 1.66 bits per heavy atom. The van der Waals surface area contributed by atoms with E-state index in [1.807, 2.05) is 0 Å². The van der Waals surface area contributed by atoms with E-state index >= 15 is 0 Å². The van der Waals surface area contributed by atoms with Gasteiger partial charge < -0.3 is 53.8 Å². The van der Waals surface area contributed by atoms with Crippen LogP contribution in [0.5, 0.6) is 0 Å². The van der Waals surface area contributed by atoms with Gasteiger partial charge in [0.15, 0.2) is 37.0 Å². The lowest BCUT2D eigenvalue weighted by Gasteiger charge is -2.47. The summed E-state index contributed by atoms with van der Waals surface area (Å²) >= 11 is 0. The Bertz CT molecular complexity index is 881. The van der Waals surface area contributed by atoms with Crippen molar-refractivity contribution in [2.24, 2.45) is 5.73 Å². The van der Waals surface area contributed by atoms with E-state index < -0.39 is 97.9 Å². The highest BCUT2D eigenvalue weighted by Crippen LogP contribution is 2.33. The second kappa shape index (κ2) is 13.8. The molecular weight excluding hydrogens is 518 g/mol. The predicted octanol–water partition coefficient (Wildman–Crippen LogP) is -2.58. The van der Waals surface area contributed by atoms with E-state index in [9.17, 15) is 34.2 Å². The van der Waals surface area contributed by atoms with Crippen LogP contribution in [-0.2, 0) is 61.9 Å². The van der Waals surface area contributed by atoms with Crippen LogP contribution in [0.4, 0.5) is 0 Å². The van der Waals surface area contributed by atoms with Crippen molar-refractivity contribution in [3.8, 4) is 0 Å². The molecule has 0 aliphatic carbocycles. The van der Waals surface area contributed by atoms with Gasteiger partial charge in [-0.3, -0.25) is 24.0 Å². The van der Waals surface area contributed by atoms with Crippen molar-refractivity contribution in [3.63, 3.8) is 0 Å². The maximum Gasteiger partial charge on any atom is 0.303 e. The first-order valence-corrected chi connectivity index (χ1v) is 11.6. The van der Waals surface area contributed by atoms with Gasteiger partial charge in [0.25, 0.3) is 0 Å². The highest BCUT2D eigenvalue weighted by atomic mass is 16.8. The summed E-state index contributed by atoms with van der Waals surface area (Å²) in [7, 11) is 0. The number of hydrogen-bond acceptors (Lipinski definition) is 16. The van der Waals surface area contributed by atoms with Gasteiger partial charge in [0, 0.05) is 41.2 Å². The fourth-order valence-corrected chi connectivity index (χ4v) is 4.03. The molecule has 0 saturated carbocycles. The molecule has 2 heterocycles. The van der Waals surface area contributed by atoms with Crippen LogP contribution in [-0.4, -0.2) is 115 Å². The summed E-state index contributed by atoms with van der Waals surface area (Å²) in [5.41, 5.74) is 5.78.